The Hall–Kier alpha value is -1.34. The van der Waals surface area contributed by atoms with Crippen LogP contribution in [-0.2, 0) is 5.60 Å². The third kappa shape index (κ3) is 2.28. The molecule has 1 heteroatoms. The van der Waals surface area contributed by atoms with E-state index < -0.39 is 5.60 Å². The number of allylic oxidation sites excluding steroid dienone is 1. The van der Waals surface area contributed by atoms with Gasteiger partial charge >= 0.3 is 0 Å². The molecule has 0 aliphatic carbocycles. The van der Waals surface area contributed by atoms with Crippen molar-refractivity contribution in [2.24, 2.45) is 11.3 Å². The molecule has 0 radical (unpaired) electrons. The standard InChI is InChI=1S/C17H24O/c1-7-14(4)16(5,6)17(18,8-2)15-11-9-13(3)10-12-15/h7-12,14,18H,1-2H2,3-6H3/t14-,17?/m0/s1. The molecule has 0 saturated heterocycles. The van der Waals surface area contributed by atoms with Crippen molar-refractivity contribution < 1.29 is 5.11 Å². The van der Waals surface area contributed by atoms with Crippen molar-refractivity contribution in [2.75, 3.05) is 0 Å². The van der Waals surface area contributed by atoms with Crippen molar-refractivity contribution in [3.63, 3.8) is 0 Å². The van der Waals surface area contributed by atoms with Gasteiger partial charge in [0, 0.05) is 5.41 Å². The van der Waals surface area contributed by atoms with Gasteiger partial charge in [0.1, 0.15) is 5.60 Å². The van der Waals surface area contributed by atoms with Gasteiger partial charge in [-0.3, -0.25) is 0 Å². The molecule has 0 fully saturated rings. The Morgan fingerprint density at radius 2 is 1.67 bits per heavy atom. The zero-order valence-electron chi connectivity index (χ0n) is 11.9. The lowest BCUT2D eigenvalue weighted by atomic mass is 9.64. The minimum absolute atomic E-state index is 0.168. The number of aliphatic hydroxyl groups is 1. The van der Waals surface area contributed by atoms with Crippen LogP contribution < -0.4 is 0 Å². The average Bonchev–Trinajstić information content (AvgIpc) is 2.37. The first-order valence-corrected chi connectivity index (χ1v) is 6.35. The Labute approximate surface area is 111 Å². The average molecular weight is 244 g/mol. The van der Waals surface area contributed by atoms with E-state index >= 15 is 0 Å². The Bertz CT molecular complexity index is 427. The predicted octanol–water partition coefficient (Wildman–Crippen LogP) is 4.22. The summed E-state index contributed by atoms with van der Waals surface area (Å²) in [5.41, 5.74) is 0.626. The SMILES string of the molecule is C=C[C@H](C)C(C)(C)C(O)(C=C)c1ccc(C)cc1. The number of benzene rings is 1. The summed E-state index contributed by atoms with van der Waals surface area (Å²) in [4.78, 5) is 0. The second kappa shape index (κ2) is 5.11. The van der Waals surface area contributed by atoms with Gasteiger partial charge in [0.2, 0.25) is 0 Å². The minimum atomic E-state index is -1.06. The Morgan fingerprint density at radius 3 is 2.06 bits per heavy atom. The van der Waals surface area contributed by atoms with E-state index in [1.807, 2.05) is 51.1 Å². The highest BCUT2D eigenvalue weighted by Crippen LogP contribution is 2.46. The van der Waals surface area contributed by atoms with Crippen molar-refractivity contribution in [3.8, 4) is 0 Å². The van der Waals surface area contributed by atoms with Gasteiger partial charge in [-0.25, -0.2) is 0 Å². The van der Waals surface area contributed by atoms with Crippen LogP contribution in [-0.4, -0.2) is 5.11 Å². The molecule has 1 nitrogen and oxygen atoms in total. The molecule has 1 aromatic rings. The highest BCUT2D eigenvalue weighted by molar-refractivity contribution is 5.32. The Balaban J connectivity index is 3.32. The number of rotatable bonds is 5. The zero-order valence-corrected chi connectivity index (χ0v) is 11.9. The summed E-state index contributed by atoms with van der Waals surface area (Å²) in [5.74, 6) is 0.168. The highest BCUT2D eigenvalue weighted by atomic mass is 16.3. The highest BCUT2D eigenvalue weighted by Gasteiger charge is 2.45. The second-order valence-corrected chi connectivity index (χ2v) is 5.58. The van der Waals surface area contributed by atoms with Crippen LogP contribution >= 0.6 is 0 Å². The summed E-state index contributed by atoms with van der Waals surface area (Å²) in [6.07, 6.45) is 3.51. The first-order chi connectivity index (χ1) is 8.29. The van der Waals surface area contributed by atoms with Crippen LogP contribution in [0.25, 0.3) is 0 Å². The molecule has 0 aliphatic heterocycles. The molecule has 2 atom stereocenters. The molecule has 1 aromatic carbocycles. The number of hydrogen-bond donors (Lipinski definition) is 1. The van der Waals surface area contributed by atoms with Crippen molar-refractivity contribution in [2.45, 2.75) is 33.3 Å². The number of hydrogen-bond acceptors (Lipinski definition) is 1. The quantitative estimate of drug-likeness (QED) is 0.769. The lowest BCUT2D eigenvalue weighted by molar-refractivity contribution is -0.0498. The van der Waals surface area contributed by atoms with E-state index in [1.165, 1.54) is 5.56 Å². The zero-order chi connectivity index (χ0) is 14.0. The minimum Gasteiger partial charge on any atom is -0.380 e. The second-order valence-electron chi connectivity index (χ2n) is 5.58. The molecule has 0 saturated carbocycles. The molecule has 0 heterocycles. The van der Waals surface area contributed by atoms with Crippen LogP contribution in [0.4, 0.5) is 0 Å². The van der Waals surface area contributed by atoms with Crippen LogP contribution in [0.1, 0.15) is 31.9 Å². The van der Waals surface area contributed by atoms with Crippen molar-refractivity contribution in [1.29, 1.82) is 0 Å². The number of aryl methyl sites for hydroxylation is 1. The van der Waals surface area contributed by atoms with Crippen molar-refractivity contribution >= 4 is 0 Å². The molecule has 0 bridgehead atoms. The van der Waals surface area contributed by atoms with E-state index in [0.29, 0.717) is 0 Å². The first-order valence-electron chi connectivity index (χ1n) is 6.35. The fourth-order valence-corrected chi connectivity index (χ4v) is 2.20. The Morgan fingerprint density at radius 1 is 1.17 bits per heavy atom. The third-order valence-electron chi connectivity index (χ3n) is 4.26. The van der Waals surface area contributed by atoms with E-state index in [-0.39, 0.29) is 11.3 Å². The van der Waals surface area contributed by atoms with Crippen LogP contribution in [0, 0.1) is 18.3 Å². The Kier molecular flexibility index (Phi) is 4.18. The van der Waals surface area contributed by atoms with Gasteiger partial charge in [-0.15, -0.1) is 6.58 Å². The maximum atomic E-state index is 11.0. The largest absolute Gasteiger partial charge is 0.380 e. The summed E-state index contributed by atoms with van der Waals surface area (Å²) >= 11 is 0. The van der Waals surface area contributed by atoms with Crippen LogP contribution in [0.3, 0.4) is 0 Å². The molecular weight excluding hydrogens is 220 g/mol. The van der Waals surface area contributed by atoms with Crippen LogP contribution in [0.5, 0.6) is 0 Å². The summed E-state index contributed by atoms with van der Waals surface area (Å²) in [7, 11) is 0. The van der Waals surface area contributed by atoms with Gasteiger partial charge in [0.15, 0.2) is 0 Å². The maximum Gasteiger partial charge on any atom is 0.113 e. The summed E-state index contributed by atoms with van der Waals surface area (Å²) in [6, 6.07) is 7.96. The van der Waals surface area contributed by atoms with Gasteiger partial charge in [-0.2, -0.15) is 0 Å². The molecule has 0 spiro atoms. The first kappa shape index (κ1) is 14.7. The molecule has 0 amide bonds. The molecule has 1 N–H and O–H groups in total. The lowest BCUT2D eigenvalue weighted by Gasteiger charge is -2.44. The van der Waals surface area contributed by atoms with Gasteiger partial charge in [-0.1, -0.05) is 69.3 Å². The summed E-state index contributed by atoms with van der Waals surface area (Å²) < 4.78 is 0. The summed E-state index contributed by atoms with van der Waals surface area (Å²) in [6.45, 7) is 15.9. The van der Waals surface area contributed by atoms with Gasteiger partial charge in [-0.05, 0) is 18.4 Å². The van der Waals surface area contributed by atoms with E-state index in [9.17, 15) is 5.11 Å². The smallest absolute Gasteiger partial charge is 0.113 e. The maximum absolute atomic E-state index is 11.0. The molecule has 0 aromatic heterocycles. The molecule has 18 heavy (non-hydrogen) atoms. The fraction of sp³-hybridized carbons (Fsp3) is 0.412. The fourth-order valence-electron chi connectivity index (χ4n) is 2.20. The molecule has 98 valence electrons. The van der Waals surface area contributed by atoms with Gasteiger partial charge in [0.25, 0.3) is 0 Å². The topological polar surface area (TPSA) is 20.2 Å². The predicted molar refractivity (Wildman–Crippen MR) is 78.4 cm³/mol. The lowest BCUT2D eigenvalue weighted by Crippen LogP contribution is -2.44. The van der Waals surface area contributed by atoms with E-state index in [4.69, 9.17) is 0 Å². The normalized spacial score (nSPS) is 16.7. The van der Waals surface area contributed by atoms with Gasteiger partial charge < -0.3 is 5.11 Å². The van der Waals surface area contributed by atoms with Crippen molar-refractivity contribution in [1.82, 2.24) is 0 Å². The molecular formula is C17H24O. The van der Waals surface area contributed by atoms with E-state index in [0.717, 1.165) is 5.56 Å². The monoisotopic (exact) mass is 244 g/mol. The van der Waals surface area contributed by atoms with Crippen LogP contribution in [0.15, 0.2) is 49.6 Å². The summed E-state index contributed by atoms with van der Waals surface area (Å²) in [5, 5.41) is 11.0. The third-order valence-corrected chi connectivity index (χ3v) is 4.26. The van der Waals surface area contributed by atoms with E-state index in [1.54, 1.807) is 6.08 Å². The molecule has 0 aliphatic rings. The van der Waals surface area contributed by atoms with Crippen molar-refractivity contribution in [3.05, 3.63) is 60.7 Å². The molecule has 1 unspecified atom stereocenters. The van der Waals surface area contributed by atoms with Gasteiger partial charge in [0.05, 0.1) is 0 Å². The van der Waals surface area contributed by atoms with E-state index in [2.05, 4.69) is 20.1 Å². The molecule has 1 rings (SSSR count). The van der Waals surface area contributed by atoms with Crippen LogP contribution in [0.2, 0.25) is 0 Å².